The lowest BCUT2D eigenvalue weighted by Crippen LogP contribution is -2.64. The molecule has 4 atom stereocenters. The minimum atomic E-state index is -0.609. The number of aliphatic hydroxyl groups excluding tert-OH is 1. The Morgan fingerprint density at radius 1 is 0.698 bits per heavy atom. The number of rotatable bonds is 13. The lowest BCUT2D eigenvalue weighted by Gasteiger charge is -2.48. The van der Waals surface area contributed by atoms with Crippen LogP contribution in [0.1, 0.15) is 22.3 Å². The Labute approximate surface area is 260 Å². The number of hydrogen-bond donors (Lipinski definition) is 1. The predicted molar refractivity (Wildman–Crippen MR) is 165 cm³/mol. The van der Waals surface area contributed by atoms with Crippen LogP contribution in [0.5, 0.6) is 0 Å². The molecule has 226 valence electrons. The summed E-state index contributed by atoms with van der Waals surface area (Å²) in [5.41, 5.74) is 3.01. The van der Waals surface area contributed by atoms with Crippen LogP contribution >= 0.6 is 15.9 Å². The highest BCUT2D eigenvalue weighted by atomic mass is 79.9. The molecular formula is C35H36BrF2NO4. The summed E-state index contributed by atoms with van der Waals surface area (Å²) in [5, 5.41) is 10.7. The molecule has 0 bridgehead atoms. The van der Waals surface area contributed by atoms with Crippen molar-refractivity contribution in [2.75, 3.05) is 19.7 Å². The Kier molecular flexibility index (Phi) is 11.4. The van der Waals surface area contributed by atoms with E-state index in [1.807, 2.05) is 95.9 Å². The summed E-state index contributed by atoms with van der Waals surface area (Å²) in [6, 6.07) is 31.6. The van der Waals surface area contributed by atoms with Gasteiger partial charge in [-0.15, -0.1) is 0 Å². The molecule has 1 saturated heterocycles. The molecule has 0 aromatic heterocycles. The van der Waals surface area contributed by atoms with Gasteiger partial charge in [-0.2, -0.15) is 0 Å². The Morgan fingerprint density at radius 2 is 1.16 bits per heavy atom. The van der Waals surface area contributed by atoms with Crippen LogP contribution in [-0.4, -0.2) is 54.1 Å². The molecule has 4 aromatic carbocycles. The molecule has 4 aromatic rings. The zero-order valence-electron chi connectivity index (χ0n) is 23.8. The standard InChI is InChI=1S/C35H36BrF2NO4/c36-28-18-30(37)29(31(38)19-28)16-17-39-20-33(41-22-25-10-4-1-5-11-25)35(43-24-27-14-8-3-9-15-27)34(32(39)21-40)42-23-26-12-6-2-7-13-26/h1-15,18-19,32-35,40H,16-17,20-24H2/t32-,33+,34-,35-/m1/s1. The maximum Gasteiger partial charge on any atom is 0.130 e. The number of halogens is 3. The van der Waals surface area contributed by atoms with Gasteiger partial charge in [-0.3, -0.25) is 4.90 Å². The summed E-state index contributed by atoms with van der Waals surface area (Å²) < 4.78 is 49.4. The van der Waals surface area contributed by atoms with Gasteiger partial charge in [0.1, 0.15) is 23.8 Å². The van der Waals surface area contributed by atoms with E-state index in [-0.39, 0.29) is 18.6 Å². The van der Waals surface area contributed by atoms with Crippen molar-refractivity contribution in [3.8, 4) is 0 Å². The molecule has 8 heteroatoms. The fourth-order valence-corrected chi connectivity index (χ4v) is 5.92. The maximum absolute atomic E-state index is 14.7. The molecule has 5 rings (SSSR count). The SMILES string of the molecule is OC[C@@H]1[C@@H](OCc2ccccc2)[C@H](OCc2ccccc2)[C@@H](OCc2ccccc2)CN1CCc1c(F)cc(Br)cc1F. The van der Waals surface area contributed by atoms with Crippen molar-refractivity contribution in [2.45, 2.75) is 50.6 Å². The van der Waals surface area contributed by atoms with Gasteiger partial charge in [-0.05, 0) is 35.2 Å². The van der Waals surface area contributed by atoms with Crippen LogP contribution in [0.4, 0.5) is 8.78 Å². The Hall–Kier alpha value is -2.98. The van der Waals surface area contributed by atoms with Crippen LogP contribution in [0.15, 0.2) is 108 Å². The quantitative estimate of drug-likeness (QED) is 0.174. The summed E-state index contributed by atoms with van der Waals surface area (Å²) in [4.78, 5) is 2.01. The van der Waals surface area contributed by atoms with E-state index in [4.69, 9.17) is 14.2 Å². The zero-order chi connectivity index (χ0) is 30.0. The van der Waals surface area contributed by atoms with E-state index in [0.29, 0.717) is 37.4 Å². The van der Waals surface area contributed by atoms with E-state index < -0.39 is 36.0 Å². The highest BCUT2D eigenvalue weighted by Crippen LogP contribution is 2.29. The minimum absolute atomic E-state index is 0.00542. The lowest BCUT2D eigenvalue weighted by molar-refractivity contribution is -0.207. The van der Waals surface area contributed by atoms with E-state index in [1.165, 1.54) is 12.1 Å². The van der Waals surface area contributed by atoms with Crippen LogP contribution < -0.4 is 0 Å². The van der Waals surface area contributed by atoms with Gasteiger partial charge < -0.3 is 19.3 Å². The molecule has 1 aliphatic heterocycles. The van der Waals surface area contributed by atoms with E-state index in [9.17, 15) is 13.9 Å². The molecule has 0 spiro atoms. The molecule has 0 unspecified atom stereocenters. The highest BCUT2D eigenvalue weighted by molar-refractivity contribution is 9.10. The van der Waals surface area contributed by atoms with Gasteiger partial charge in [0.2, 0.25) is 0 Å². The van der Waals surface area contributed by atoms with E-state index in [2.05, 4.69) is 15.9 Å². The maximum atomic E-state index is 14.7. The topological polar surface area (TPSA) is 51.2 Å². The van der Waals surface area contributed by atoms with Crippen molar-refractivity contribution in [3.05, 3.63) is 141 Å². The van der Waals surface area contributed by atoms with Crippen molar-refractivity contribution in [1.29, 1.82) is 0 Å². The second kappa shape index (κ2) is 15.7. The Morgan fingerprint density at radius 3 is 1.65 bits per heavy atom. The number of likely N-dealkylation sites (tertiary alicyclic amines) is 1. The number of nitrogens with zero attached hydrogens (tertiary/aromatic N) is 1. The van der Waals surface area contributed by atoms with E-state index in [0.717, 1.165) is 16.7 Å². The molecule has 0 amide bonds. The number of aliphatic hydroxyl groups is 1. The average molecular weight is 653 g/mol. The zero-order valence-corrected chi connectivity index (χ0v) is 25.4. The third-order valence-corrected chi connectivity index (χ3v) is 8.23. The third-order valence-electron chi connectivity index (χ3n) is 7.77. The van der Waals surface area contributed by atoms with Gasteiger partial charge in [0.25, 0.3) is 0 Å². The molecule has 0 saturated carbocycles. The molecule has 1 aliphatic rings. The lowest BCUT2D eigenvalue weighted by atomic mass is 9.92. The number of hydrogen-bond acceptors (Lipinski definition) is 5. The number of ether oxygens (including phenoxy) is 3. The van der Waals surface area contributed by atoms with Crippen LogP contribution in [-0.2, 0) is 40.5 Å². The fourth-order valence-electron chi connectivity index (χ4n) is 5.52. The molecule has 43 heavy (non-hydrogen) atoms. The molecule has 0 aliphatic carbocycles. The van der Waals surface area contributed by atoms with Crippen LogP contribution in [0.25, 0.3) is 0 Å². The predicted octanol–water partition coefficient (Wildman–Crippen LogP) is 6.70. The average Bonchev–Trinajstić information content (AvgIpc) is 3.03. The van der Waals surface area contributed by atoms with Crippen LogP contribution in [0.2, 0.25) is 0 Å². The second-order valence-electron chi connectivity index (χ2n) is 10.7. The van der Waals surface area contributed by atoms with E-state index >= 15 is 0 Å². The van der Waals surface area contributed by atoms with Gasteiger partial charge in [-0.25, -0.2) is 8.78 Å². The number of benzene rings is 4. The first-order chi connectivity index (χ1) is 21.0. The van der Waals surface area contributed by atoms with Gasteiger partial charge in [0, 0.05) is 23.1 Å². The molecule has 1 fully saturated rings. The van der Waals surface area contributed by atoms with Crippen LogP contribution in [0, 0.1) is 11.6 Å². The largest absolute Gasteiger partial charge is 0.395 e. The summed E-state index contributed by atoms with van der Waals surface area (Å²) in [7, 11) is 0. The summed E-state index contributed by atoms with van der Waals surface area (Å²) in [6.45, 7) is 1.47. The fraction of sp³-hybridized carbons (Fsp3) is 0.314. The van der Waals surface area contributed by atoms with Crippen molar-refractivity contribution in [3.63, 3.8) is 0 Å². The first-order valence-corrected chi connectivity index (χ1v) is 15.3. The first-order valence-electron chi connectivity index (χ1n) is 14.5. The highest BCUT2D eigenvalue weighted by Gasteiger charge is 2.45. The molecule has 0 radical (unpaired) electrons. The van der Waals surface area contributed by atoms with Crippen molar-refractivity contribution in [1.82, 2.24) is 4.90 Å². The van der Waals surface area contributed by atoms with Crippen molar-refractivity contribution in [2.24, 2.45) is 0 Å². The van der Waals surface area contributed by atoms with Gasteiger partial charge in [0.05, 0.1) is 38.6 Å². The summed E-state index contributed by atoms with van der Waals surface area (Å²) >= 11 is 3.15. The number of piperidine rings is 1. The Bertz CT molecular complexity index is 1390. The molecular weight excluding hydrogens is 616 g/mol. The van der Waals surface area contributed by atoms with Gasteiger partial charge in [-0.1, -0.05) is 107 Å². The minimum Gasteiger partial charge on any atom is -0.395 e. The normalized spacial score (nSPS) is 20.7. The molecule has 1 heterocycles. The van der Waals surface area contributed by atoms with Gasteiger partial charge >= 0.3 is 0 Å². The summed E-state index contributed by atoms with van der Waals surface area (Å²) in [5.74, 6) is -1.22. The first kappa shape index (κ1) is 31.4. The van der Waals surface area contributed by atoms with Crippen molar-refractivity contribution >= 4 is 15.9 Å². The second-order valence-corrected chi connectivity index (χ2v) is 11.6. The molecule has 1 N–H and O–H groups in total. The van der Waals surface area contributed by atoms with Crippen LogP contribution in [0.3, 0.4) is 0 Å². The third kappa shape index (κ3) is 8.56. The smallest absolute Gasteiger partial charge is 0.130 e. The van der Waals surface area contributed by atoms with Gasteiger partial charge in [0.15, 0.2) is 0 Å². The van der Waals surface area contributed by atoms with E-state index in [1.54, 1.807) is 0 Å². The molecule has 5 nitrogen and oxygen atoms in total. The Balaban J connectivity index is 1.42. The monoisotopic (exact) mass is 651 g/mol. The summed E-state index contributed by atoms with van der Waals surface area (Å²) in [6.07, 6.45) is -1.41. The van der Waals surface area contributed by atoms with Crippen molar-refractivity contribution < 1.29 is 28.1 Å².